The topological polar surface area (TPSA) is 89.9 Å². The molecule has 2 N–H and O–H groups in total. The number of hydrogen-bond acceptors (Lipinski definition) is 6. The second kappa shape index (κ2) is 8.62. The van der Waals surface area contributed by atoms with E-state index >= 15 is 0 Å². The van der Waals surface area contributed by atoms with Crippen molar-refractivity contribution in [1.82, 2.24) is 24.6 Å². The molecule has 1 atom stereocenters. The Morgan fingerprint density at radius 2 is 1.96 bits per heavy atom. The Hall–Kier alpha value is -2.58. The van der Waals surface area contributed by atoms with Crippen LogP contribution in [0.15, 0.2) is 35.7 Å². The van der Waals surface area contributed by atoms with E-state index < -0.39 is 0 Å². The molecule has 8 heteroatoms. The van der Waals surface area contributed by atoms with Gasteiger partial charge < -0.3 is 10.6 Å². The third-order valence-electron chi connectivity index (χ3n) is 4.51. The van der Waals surface area contributed by atoms with Gasteiger partial charge in [-0.3, -0.25) is 4.79 Å². The van der Waals surface area contributed by atoms with Gasteiger partial charge in [-0.1, -0.05) is 44.2 Å². The van der Waals surface area contributed by atoms with Crippen LogP contribution in [0.25, 0.3) is 10.6 Å². The lowest BCUT2D eigenvalue weighted by Gasteiger charge is -2.19. The molecule has 2 aromatic heterocycles. The highest BCUT2D eigenvalue weighted by Gasteiger charge is 2.21. The van der Waals surface area contributed by atoms with Crippen molar-refractivity contribution in [2.24, 2.45) is 11.7 Å². The Morgan fingerprint density at radius 1 is 1.25 bits per heavy atom. The smallest absolute Gasteiger partial charge is 0.244 e. The molecule has 0 aliphatic rings. The summed E-state index contributed by atoms with van der Waals surface area (Å²) in [4.78, 5) is 23.4. The van der Waals surface area contributed by atoms with Crippen LogP contribution in [0.2, 0.25) is 0 Å². The molecule has 0 aliphatic carbocycles. The molecule has 0 unspecified atom stereocenters. The zero-order valence-corrected chi connectivity index (χ0v) is 17.5. The molecule has 1 amide bonds. The second-order valence-corrected chi connectivity index (χ2v) is 8.06. The zero-order valence-electron chi connectivity index (χ0n) is 16.7. The summed E-state index contributed by atoms with van der Waals surface area (Å²) in [7, 11) is 1.77. The number of aryl methyl sites for hydroxylation is 1. The maximum Gasteiger partial charge on any atom is 0.244 e. The molecule has 2 heterocycles. The Kier molecular flexibility index (Phi) is 6.21. The molecule has 7 nitrogen and oxygen atoms in total. The monoisotopic (exact) mass is 398 g/mol. The molecular formula is C20H26N6OS. The van der Waals surface area contributed by atoms with Crippen LogP contribution in [0, 0.1) is 12.8 Å². The summed E-state index contributed by atoms with van der Waals surface area (Å²) in [6.45, 7) is 6.42. The molecule has 0 saturated carbocycles. The van der Waals surface area contributed by atoms with Gasteiger partial charge in [0, 0.05) is 18.0 Å². The number of hydrogen-bond donors (Lipinski definition) is 1. The first kappa shape index (κ1) is 20.2. The average Bonchev–Trinajstić information content (AvgIpc) is 3.28. The van der Waals surface area contributed by atoms with Crippen molar-refractivity contribution in [2.45, 2.75) is 39.9 Å². The van der Waals surface area contributed by atoms with Gasteiger partial charge in [0.2, 0.25) is 5.91 Å². The summed E-state index contributed by atoms with van der Waals surface area (Å²) in [5.74, 6) is 1.42. The second-order valence-electron chi connectivity index (χ2n) is 7.20. The molecule has 0 aliphatic heterocycles. The highest BCUT2D eigenvalue weighted by Crippen LogP contribution is 2.24. The molecule has 28 heavy (non-hydrogen) atoms. The van der Waals surface area contributed by atoms with E-state index in [9.17, 15) is 4.79 Å². The van der Waals surface area contributed by atoms with Crippen molar-refractivity contribution in [2.75, 3.05) is 7.05 Å². The minimum absolute atomic E-state index is 0.0589. The van der Waals surface area contributed by atoms with Crippen LogP contribution in [0.3, 0.4) is 0 Å². The Bertz CT molecular complexity index is 933. The lowest BCUT2D eigenvalue weighted by Crippen LogP contribution is -2.32. The lowest BCUT2D eigenvalue weighted by atomic mass is 10.1. The molecule has 148 valence electrons. The third-order valence-corrected chi connectivity index (χ3v) is 5.45. The van der Waals surface area contributed by atoms with E-state index in [0.29, 0.717) is 18.2 Å². The van der Waals surface area contributed by atoms with E-state index in [-0.39, 0.29) is 24.4 Å². The number of carbonyl (C=O) groups is 1. The standard InChI is InChI=1S/C20H26N6OS/c1-13(2)18(21)19-22-14(3)24-26(19)11-17(27)25(4)10-16-12-28-20(23-16)15-8-6-5-7-9-15/h5-9,12-13,18H,10-11,21H2,1-4H3/t18-/m0/s1. The van der Waals surface area contributed by atoms with Gasteiger partial charge in [0.1, 0.15) is 23.2 Å². The molecule has 0 fully saturated rings. The average molecular weight is 399 g/mol. The molecule has 0 spiro atoms. The fourth-order valence-electron chi connectivity index (χ4n) is 2.81. The van der Waals surface area contributed by atoms with Gasteiger partial charge in [0.15, 0.2) is 0 Å². The normalized spacial score (nSPS) is 12.4. The number of carbonyl (C=O) groups excluding carboxylic acids is 1. The lowest BCUT2D eigenvalue weighted by molar-refractivity contribution is -0.131. The SMILES string of the molecule is Cc1nc([C@@H](N)C(C)C)n(CC(=O)N(C)Cc2csc(-c3ccccc3)n2)n1. The quantitative estimate of drug-likeness (QED) is 0.661. The minimum Gasteiger partial charge on any atom is -0.338 e. The summed E-state index contributed by atoms with van der Waals surface area (Å²) in [5.41, 5.74) is 8.18. The molecule has 1 aromatic carbocycles. The highest BCUT2D eigenvalue weighted by atomic mass is 32.1. The number of likely N-dealkylation sites (N-methyl/N-ethyl adjacent to an activating group) is 1. The number of nitrogens with two attached hydrogens (primary N) is 1. The number of thiazole rings is 1. The number of nitrogens with zero attached hydrogens (tertiary/aromatic N) is 5. The van der Waals surface area contributed by atoms with Gasteiger partial charge in [0.05, 0.1) is 18.3 Å². The van der Waals surface area contributed by atoms with Crippen LogP contribution in [0.1, 0.15) is 37.2 Å². The van der Waals surface area contributed by atoms with Crippen LogP contribution in [-0.2, 0) is 17.9 Å². The molecule has 3 aromatic rings. The van der Waals surface area contributed by atoms with Crippen molar-refractivity contribution in [3.05, 3.63) is 53.1 Å². The van der Waals surface area contributed by atoms with Gasteiger partial charge in [-0.25, -0.2) is 14.6 Å². The van der Waals surface area contributed by atoms with E-state index in [1.807, 2.05) is 56.5 Å². The van der Waals surface area contributed by atoms with Crippen LogP contribution in [0.4, 0.5) is 0 Å². The van der Waals surface area contributed by atoms with Crippen LogP contribution < -0.4 is 5.73 Å². The van der Waals surface area contributed by atoms with Crippen molar-refractivity contribution in [3.8, 4) is 10.6 Å². The van der Waals surface area contributed by atoms with E-state index in [2.05, 4.69) is 15.1 Å². The number of aromatic nitrogens is 4. The summed E-state index contributed by atoms with van der Waals surface area (Å²) in [5, 5.41) is 7.30. The summed E-state index contributed by atoms with van der Waals surface area (Å²) < 4.78 is 1.62. The molecular weight excluding hydrogens is 372 g/mol. The highest BCUT2D eigenvalue weighted by molar-refractivity contribution is 7.13. The predicted octanol–water partition coefficient (Wildman–Crippen LogP) is 3.02. The van der Waals surface area contributed by atoms with Crippen molar-refractivity contribution < 1.29 is 4.79 Å². The van der Waals surface area contributed by atoms with Crippen LogP contribution in [0.5, 0.6) is 0 Å². The summed E-state index contributed by atoms with van der Waals surface area (Å²) >= 11 is 1.58. The van der Waals surface area contributed by atoms with E-state index in [1.54, 1.807) is 28.0 Å². The summed E-state index contributed by atoms with van der Waals surface area (Å²) in [6.07, 6.45) is 0. The van der Waals surface area contributed by atoms with Crippen molar-refractivity contribution >= 4 is 17.2 Å². The van der Waals surface area contributed by atoms with Gasteiger partial charge in [-0.15, -0.1) is 11.3 Å². The first-order valence-electron chi connectivity index (χ1n) is 9.26. The molecule has 0 bridgehead atoms. The zero-order chi connectivity index (χ0) is 20.3. The van der Waals surface area contributed by atoms with E-state index in [4.69, 9.17) is 5.73 Å². The van der Waals surface area contributed by atoms with E-state index in [1.165, 1.54) is 0 Å². The molecule has 0 radical (unpaired) electrons. The van der Waals surface area contributed by atoms with Gasteiger partial charge >= 0.3 is 0 Å². The molecule has 0 saturated heterocycles. The first-order chi connectivity index (χ1) is 13.3. The first-order valence-corrected chi connectivity index (χ1v) is 10.1. The van der Waals surface area contributed by atoms with Gasteiger partial charge in [0.25, 0.3) is 0 Å². The fraction of sp³-hybridized carbons (Fsp3) is 0.400. The molecule has 3 rings (SSSR count). The maximum absolute atomic E-state index is 12.7. The van der Waals surface area contributed by atoms with Crippen LogP contribution in [-0.4, -0.2) is 37.6 Å². The van der Waals surface area contributed by atoms with Crippen molar-refractivity contribution in [1.29, 1.82) is 0 Å². The minimum atomic E-state index is -0.258. The summed E-state index contributed by atoms with van der Waals surface area (Å²) in [6, 6.07) is 9.77. The van der Waals surface area contributed by atoms with E-state index in [0.717, 1.165) is 16.3 Å². The van der Waals surface area contributed by atoms with Crippen LogP contribution >= 0.6 is 11.3 Å². The Morgan fingerprint density at radius 3 is 2.64 bits per heavy atom. The number of amides is 1. The number of benzene rings is 1. The van der Waals surface area contributed by atoms with Crippen molar-refractivity contribution in [3.63, 3.8) is 0 Å². The number of rotatable bonds is 7. The fourth-order valence-corrected chi connectivity index (χ4v) is 3.62. The largest absolute Gasteiger partial charge is 0.338 e. The van der Waals surface area contributed by atoms with Gasteiger partial charge in [-0.05, 0) is 12.8 Å². The Labute approximate surface area is 169 Å². The Balaban J connectivity index is 1.67. The predicted molar refractivity (Wildman–Crippen MR) is 111 cm³/mol. The third kappa shape index (κ3) is 4.63. The van der Waals surface area contributed by atoms with Gasteiger partial charge in [-0.2, -0.15) is 5.10 Å². The maximum atomic E-state index is 12.7.